The number of methoxy groups -OCH3 is 1. The molecule has 0 atom stereocenters. The molecule has 1 heterocycles. The Morgan fingerprint density at radius 2 is 2.27 bits per heavy atom. The molecule has 1 aromatic heterocycles. The predicted molar refractivity (Wildman–Crippen MR) is 85.0 cm³/mol. The highest BCUT2D eigenvalue weighted by Crippen LogP contribution is 2.29. The van der Waals surface area contributed by atoms with Gasteiger partial charge in [0.05, 0.1) is 19.9 Å². The van der Waals surface area contributed by atoms with Crippen molar-refractivity contribution in [3.8, 4) is 11.5 Å². The summed E-state index contributed by atoms with van der Waals surface area (Å²) in [7, 11) is 1.58. The summed E-state index contributed by atoms with van der Waals surface area (Å²) in [6, 6.07) is 6.92. The maximum absolute atomic E-state index is 11.3. The summed E-state index contributed by atoms with van der Waals surface area (Å²) in [5.41, 5.74) is 3.82. The number of nitrogens with one attached hydrogen (secondary N) is 2. The van der Waals surface area contributed by atoms with E-state index in [9.17, 15) is 4.79 Å². The quantitative estimate of drug-likeness (QED) is 0.629. The summed E-state index contributed by atoms with van der Waals surface area (Å²) >= 11 is 0. The van der Waals surface area contributed by atoms with E-state index in [0.29, 0.717) is 23.8 Å². The molecule has 0 spiro atoms. The lowest BCUT2D eigenvalue weighted by Gasteiger charge is -2.11. The zero-order valence-corrected chi connectivity index (χ0v) is 12.7. The van der Waals surface area contributed by atoms with Crippen molar-refractivity contribution >= 4 is 12.2 Å². The molecule has 1 aromatic carbocycles. The minimum atomic E-state index is -0.235. The van der Waals surface area contributed by atoms with Crippen molar-refractivity contribution in [2.24, 2.45) is 5.10 Å². The topological polar surface area (TPSA) is 88.6 Å². The first-order valence-corrected chi connectivity index (χ1v) is 6.81. The van der Waals surface area contributed by atoms with Crippen molar-refractivity contribution in [1.29, 1.82) is 0 Å². The molecule has 2 N–H and O–H groups in total. The third kappa shape index (κ3) is 3.85. The number of aromatic amines is 1. The molecule has 0 radical (unpaired) electrons. The SMILES string of the molecule is CCOc1c(/C=N\Nc2nc(C)cc(=O)[nH]2)cccc1OC. The average molecular weight is 302 g/mol. The number of aryl methyl sites for hydroxylation is 1. The van der Waals surface area contributed by atoms with Crippen molar-refractivity contribution < 1.29 is 9.47 Å². The normalized spacial score (nSPS) is 10.7. The number of anilines is 1. The lowest BCUT2D eigenvalue weighted by atomic mass is 10.2. The Kier molecular flexibility index (Phi) is 5.13. The minimum Gasteiger partial charge on any atom is -0.493 e. The van der Waals surface area contributed by atoms with Gasteiger partial charge >= 0.3 is 0 Å². The molecule has 2 rings (SSSR count). The van der Waals surface area contributed by atoms with Gasteiger partial charge in [-0.1, -0.05) is 6.07 Å². The Hall–Kier alpha value is -2.83. The largest absolute Gasteiger partial charge is 0.493 e. The molecule has 7 nitrogen and oxygen atoms in total. The molecule has 0 fully saturated rings. The highest BCUT2D eigenvalue weighted by molar-refractivity contribution is 5.85. The smallest absolute Gasteiger partial charge is 0.252 e. The lowest BCUT2D eigenvalue weighted by molar-refractivity contribution is 0.310. The first-order valence-electron chi connectivity index (χ1n) is 6.81. The number of benzene rings is 1. The van der Waals surface area contributed by atoms with E-state index in [-0.39, 0.29) is 11.5 Å². The van der Waals surface area contributed by atoms with Crippen LogP contribution in [0.15, 0.2) is 34.2 Å². The highest BCUT2D eigenvalue weighted by Gasteiger charge is 2.08. The van der Waals surface area contributed by atoms with E-state index in [1.807, 2.05) is 25.1 Å². The van der Waals surface area contributed by atoms with Gasteiger partial charge in [0.15, 0.2) is 11.5 Å². The van der Waals surface area contributed by atoms with Crippen molar-refractivity contribution in [1.82, 2.24) is 9.97 Å². The maximum atomic E-state index is 11.3. The first kappa shape index (κ1) is 15.6. The fraction of sp³-hybridized carbons (Fsp3) is 0.267. The van der Waals surface area contributed by atoms with Gasteiger partial charge in [-0.15, -0.1) is 0 Å². The summed E-state index contributed by atoms with van der Waals surface area (Å²) in [5.74, 6) is 1.53. The molecule has 0 unspecified atom stereocenters. The van der Waals surface area contributed by atoms with Crippen LogP contribution < -0.4 is 20.5 Å². The van der Waals surface area contributed by atoms with Gasteiger partial charge in [-0.05, 0) is 26.0 Å². The van der Waals surface area contributed by atoms with Crippen LogP contribution in [-0.4, -0.2) is 29.9 Å². The zero-order chi connectivity index (χ0) is 15.9. The Balaban J connectivity index is 2.21. The van der Waals surface area contributed by atoms with Crippen molar-refractivity contribution in [3.63, 3.8) is 0 Å². The van der Waals surface area contributed by atoms with E-state index in [1.165, 1.54) is 6.07 Å². The molecular formula is C15H18N4O3. The Labute approximate surface area is 128 Å². The molecule has 0 amide bonds. The van der Waals surface area contributed by atoms with Gasteiger partial charge < -0.3 is 9.47 Å². The Morgan fingerprint density at radius 1 is 1.45 bits per heavy atom. The van der Waals surface area contributed by atoms with Gasteiger partial charge in [0.25, 0.3) is 5.56 Å². The molecule has 0 bridgehead atoms. The van der Waals surface area contributed by atoms with E-state index in [1.54, 1.807) is 20.2 Å². The second-order valence-corrected chi connectivity index (χ2v) is 4.42. The van der Waals surface area contributed by atoms with E-state index in [2.05, 4.69) is 20.5 Å². The van der Waals surface area contributed by atoms with Gasteiger partial charge in [0, 0.05) is 17.3 Å². The van der Waals surface area contributed by atoms with Crippen LogP contribution in [0.2, 0.25) is 0 Å². The summed E-state index contributed by atoms with van der Waals surface area (Å²) in [4.78, 5) is 18.0. The number of hydrogen-bond acceptors (Lipinski definition) is 6. The second-order valence-electron chi connectivity index (χ2n) is 4.42. The number of para-hydroxylation sites is 1. The van der Waals surface area contributed by atoms with Gasteiger partial charge in [0.1, 0.15) is 0 Å². The van der Waals surface area contributed by atoms with Crippen molar-refractivity contribution in [3.05, 3.63) is 45.9 Å². The van der Waals surface area contributed by atoms with Gasteiger partial charge in [0.2, 0.25) is 5.95 Å². The fourth-order valence-electron chi connectivity index (χ4n) is 1.89. The van der Waals surface area contributed by atoms with Crippen LogP contribution in [0, 0.1) is 6.92 Å². The summed E-state index contributed by atoms with van der Waals surface area (Å²) < 4.78 is 10.9. The van der Waals surface area contributed by atoms with Crippen LogP contribution in [0.3, 0.4) is 0 Å². The first-order chi connectivity index (χ1) is 10.6. The van der Waals surface area contributed by atoms with Crippen LogP contribution in [-0.2, 0) is 0 Å². The van der Waals surface area contributed by atoms with E-state index in [0.717, 1.165) is 5.56 Å². The van der Waals surface area contributed by atoms with Crippen LogP contribution in [0.4, 0.5) is 5.95 Å². The molecule has 116 valence electrons. The van der Waals surface area contributed by atoms with E-state index < -0.39 is 0 Å². The van der Waals surface area contributed by atoms with E-state index >= 15 is 0 Å². The highest BCUT2D eigenvalue weighted by atomic mass is 16.5. The molecule has 0 saturated carbocycles. The van der Waals surface area contributed by atoms with Gasteiger partial charge in [-0.3, -0.25) is 9.78 Å². The summed E-state index contributed by atoms with van der Waals surface area (Å²) in [6.07, 6.45) is 1.58. The van der Waals surface area contributed by atoms with Gasteiger partial charge in [-0.25, -0.2) is 10.4 Å². The molecular weight excluding hydrogens is 284 g/mol. The maximum Gasteiger partial charge on any atom is 0.252 e. The monoisotopic (exact) mass is 302 g/mol. The van der Waals surface area contributed by atoms with E-state index in [4.69, 9.17) is 9.47 Å². The number of aromatic nitrogens is 2. The molecule has 7 heteroatoms. The molecule has 2 aromatic rings. The molecule has 0 aliphatic rings. The standard InChI is InChI=1S/C15H18N4O3/c1-4-22-14-11(6-5-7-12(14)21-3)9-16-19-15-17-10(2)8-13(20)18-15/h5-9H,4H2,1-3H3,(H2,17,18,19,20)/b16-9-. The number of H-pyrrole nitrogens is 1. The van der Waals surface area contributed by atoms with Crippen LogP contribution >= 0.6 is 0 Å². The fourth-order valence-corrected chi connectivity index (χ4v) is 1.89. The summed E-state index contributed by atoms with van der Waals surface area (Å²) in [6.45, 7) is 4.15. The van der Waals surface area contributed by atoms with Crippen LogP contribution in [0.5, 0.6) is 11.5 Å². The lowest BCUT2D eigenvalue weighted by Crippen LogP contribution is -2.10. The van der Waals surface area contributed by atoms with Crippen LogP contribution in [0.1, 0.15) is 18.2 Å². The molecule has 0 aliphatic carbocycles. The number of ether oxygens (including phenoxy) is 2. The number of hydrogen-bond donors (Lipinski definition) is 2. The predicted octanol–water partition coefficient (Wildman–Crippen LogP) is 1.93. The van der Waals surface area contributed by atoms with Crippen molar-refractivity contribution in [2.45, 2.75) is 13.8 Å². The summed E-state index contributed by atoms with van der Waals surface area (Å²) in [5, 5.41) is 4.07. The Morgan fingerprint density at radius 3 is 2.95 bits per heavy atom. The minimum absolute atomic E-state index is 0.235. The average Bonchev–Trinajstić information content (AvgIpc) is 2.48. The van der Waals surface area contributed by atoms with Crippen molar-refractivity contribution in [2.75, 3.05) is 19.1 Å². The van der Waals surface area contributed by atoms with Crippen LogP contribution in [0.25, 0.3) is 0 Å². The third-order valence-corrected chi connectivity index (χ3v) is 2.76. The second kappa shape index (κ2) is 7.26. The molecule has 0 saturated heterocycles. The Bertz CT molecular complexity index is 725. The molecule has 0 aliphatic heterocycles. The number of nitrogens with zero attached hydrogens (tertiary/aromatic N) is 2. The third-order valence-electron chi connectivity index (χ3n) is 2.76. The van der Waals surface area contributed by atoms with Gasteiger partial charge in [-0.2, -0.15) is 5.10 Å². The number of hydrazone groups is 1. The number of rotatable bonds is 6. The molecule has 22 heavy (non-hydrogen) atoms. The zero-order valence-electron chi connectivity index (χ0n) is 12.7.